The first-order valence-electron chi connectivity index (χ1n) is 3.35. The van der Waals surface area contributed by atoms with Gasteiger partial charge in [-0.05, 0) is 28.1 Å². The molecule has 3 nitrogen and oxygen atoms in total. The summed E-state index contributed by atoms with van der Waals surface area (Å²) in [5, 5.41) is 0. The highest BCUT2D eigenvalue weighted by atomic mass is 79.9. The molecular formula is C8H8BrN3. The van der Waals surface area contributed by atoms with Gasteiger partial charge in [0.15, 0.2) is 5.82 Å². The summed E-state index contributed by atoms with van der Waals surface area (Å²) in [6.45, 7) is 0. The zero-order valence-corrected chi connectivity index (χ0v) is 7.90. The lowest BCUT2D eigenvalue weighted by atomic mass is 10.5. The van der Waals surface area contributed by atoms with Crippen LogP contribution in [0.4, 0.5) is 5.82 Å². The molecule has 62 valence electrons. The molecule has 0 aliphatic rings. The van der Waals surface area contributed by atoms with Crippen molar-refractivity contribution < 1.29 is 0 Å². The van der Waals surface area contributed by atoms with Crippen LogP contribution in [0.3, 0.4) is 0 Å². The van der Waals surface area contributed by atoms with Gasteiger partial charge in [-0.15, -0.1) is 0 Å². The first-order valence-corrected chi connectivity index (χ1v) is 4.14. The van der Waals surface area contributed by atoms with Crippen molar-refractivity contribution in [2.75, 3.05) is 0 Å². The smallest absolute Gasteiger partial charge is 0.151 e. The number of nitrogens with two attached hydrogens (primary N) is 1. The van der Waals surface area contributed by atoms with Gasteiger partial charge in [0.1, 0.15) is 0 Å². The van der Waals surface area contributed by atoms with Crippen LogP contribution in [0.5, 0.6) is 0 Å². The minimum absolute atomic E-state index is 0.663. The number of halogens is 1. The summed E-state index contributed by atoms with van der Waals surface area (Å²) in [7, 11) is 0. The maximum absolute atomic E-state index is 5.22. The SMILES string of the molecule is N/C=C(Br)\C=N\c1ccccn1. The van der Waals surface area contributed by atoms with E-state index in [1.807, 2.05) is 18.2 Å². The Morgan fingerprint density at radius 1 is 1.58 bits per heavy atom. The number of aromatic nitrogens is 1. The second-order valence-corrected chi connectivity index (χ2v) is 2.91. The second-order valence-electron chi connectivity index (χ2n) is 2.00. The topological polar surface area (TPSA) is 51.3 Å². The molecule has 0 aliphatic heterocycles. The predicted octanol–water partition coefficient (Wildman–Crippen LogP) is 1.98. The summed E-state index contributed by atoms with van der Waals surface area (Å²) < 4.78 is 0.730. The molecule has 12 heavy (non-hydrogen) atoms. The predicted molar refractivity (Wildman–Crippen MR) is 53.6 cm³/mol. The molecule has 0 unspecified atom stereocenters. The van der Waals surface area contributed by atoms with Crippen molar-refractivity contribution in [2.45, 2.75) is 0 Å². The van der Waals surface area contributed by atoms with Crippen molar-refractivity contribution in [2.24, 2.45) is 10.7 Å². The molecule has 0 fully saturated rings. The van der Waals surface area contributed by atoms with Gasteiger partial charge in [-0.2, -0.15) is 0 Å². The van der Waals surface area contributed by atoms with Crippen LogP contribution >= 0.6 is 15.9 Å². The molecule has 1 aromatic heterocycles. The Bertz CT molecular complexity index is 292. The molecule has 1 rings (SSSR count). The van der Waals surface area contributed by atoms with Gasteiger partial charge < -0.3 is 5.73 Å². The van der Waals surface area contributed by atoms with Crippen LogP contribution in [0.25, 0.3) is 0 Å². The number of allylic oxidation sites excluding steroid dienone is 1. The number of rotatable bonds is 2. The molecule has 0 amide bonds. The summed E-state index contributed by atoms with van der Waals surface area (Å²) in [6, 6.07) is 5.53. The Morgan fingerprint density at radius 2 is 2.42 bits per heavy atom. The van der Waals surface area contributed by atoms with E-state index in [0.717, 1.165) is 4.48 Å². The van der Waals surface area contributed by atoms with Crippen LogP contribution in [0.2, 0.25) is 0 Å². The Morgan fingerprint density at radius 3 is 3.00 bits per heavy atom. The highest BCUT2D eigenvalue weighted by Crippen LogP contribution is 2.06. The van der Waals surface area contributed by atoms with Crippen LogP contribution in [0, 0.1) is 0 Å². The van der Waals surface area contributed by atoms with Crippen LogP contribution in [-0.2, 0) is 0 Å². The van der Waals surface area contributed by atoms with Crippen LogP contribution in [0.15, 0.2) is 40.1 Å². The van der Waals surface area contributed by atoms with E-state index in [1.54, 1.807) is 12.4 Å². The fraction of sp³-hybridized carbons (Fsp3) is 0. The lowest BCUT2D eigenvalue weighted by Gasteiger charge is -1.89. The maximum atomic E-state index is 5.22. The summed E-state index contributed by atoms with van der Waals surface area (Å²) in [5.41, 5.74) is 5.22. The standard InChI is InChI=1S/C8H8BrN3/c9-7(5-10)6-12-8-3-1-2-4-11-8/h1-6H,10H2/b7-5+,12-6+. The molecule has 1 heterocycles. The van der Waals surface area contributed by atoms with Crippen molar-refractivity contribution in [3.05, 3.63) is 35.1 Å². The minimum Gasteiger partial charge on any atom is -0.404 e. The average molecular weight is 226 g/mol. The van der Waals surface area contributed by atoms with E-state index in [4.69, 9.17) is 5.73 Å². The van der Waals surface area contributed by atoms with E-state index in [2.05, 4.69) is 25.9 Å². The molecule has 0 radical (unpaired) electrons. The first kappa shape index (κ1) is 8.93. The van der Waals surface area contributed by atoms with Crippen molar-refractivity contribution in [3.63, 3.8) is 0 Å². The van der Waals surface area contributed by atoms with Crippen LogP contribution < -0.4 is 5.73 Å². The highest BCUT2D eigenvalue weighted by molar-refractivity contribution is 9.12. The molecule has 0 atom stereocenters. The molecule has 0 bridgehead atoms. The number of aliphatic imine (C=N–C) groups is 1. The van der Waals surface area contributed by atoms with Gasteiger partial charge in [0.2, 0.25) is 0 Å². The average Bonchev–Trinajstić information content (AvgIpc) is 2.16. The van der Waals surface area contributed by atoms with Gasteiger partial charge in [-0.1, -0.05) is 6.07 Å². The van der Waals surface area contributed by atoms with Crippen LogP contribution in [-0.4, -0.2) is 11.2 Å². The van der Waals surface area contributed by atoms with Gasteiger partial charge in [-0.3, -0.25) is 0 Å². The molecule has 0 saturated carbocycles. The van der Waals surface area contributed by atoms with Gasteiger partial charge in [0.25, 0.3) is 0 Å². The Kier molecular flexibility index (Phi) is 3.47. The zero-order chi connectivity index (χ0) is 8.81. The normalized spacial score (nSPS) is 12.2. The van der Waals surface area contributed by atoms with Crippen molar-refractivity contribution in [1.29, 1.82) is 0 Å². The monoisotopic (exact) mass is 225 g/mol. The van der Waals surface area contributed by atoms with Crippen molar-refractivity contribution in [1.82, 2.24) is 4.98 Å². The Hall–Kier alpha value is -1.16. The fourth-order valence-corrected chi connectivity index (χ4v) is 0.703. The Balaban J connectivity index is 2.70. The lowest BCUT2D eigenvalue weighted by Crippen LogP contribution is -1.82. The third-order valence-electron chi connectivity index (χ3n) is 1.13. The molecule has 0 aliphatic carbocycles. The molecular weight excluding hydrogens is 218 g/mol. The maximum Gasteiger partial charge on any atom is 0.151 e. The largest absolute Gasteiger partial charge is 0.404 e. The van der Waals surface area contributed by atoms with Crippen LogP contribution in [0.1, 0.15) is 0 Å². The summed E-state index contributed by atoms with van der Waals surface area (Å²) in [6.07, 6.45) is 4.71. The lowest BCUT2D eigenvalue weighted by molar-refractivity contribution is 1.28. The third kappa shape index (κ3) is 2.84. The minimum atomic E-state index is 0.663. The number of pyridine rings is 1. The number of hydrogen-bond donors (Lipinski definition) is 1. The van der Waals surface area contributed by atoms with E-state index in [-0.39, 0.29) is 0 Å². The Labute approximate surface area is 79.2 Å². The van der Waals surface area contributed by atoms with Crippen molar-refractivity contribution in [3.8, 4) is 0 Å². The second kappa shape index (κ2) is 4.66. The van der Waals surface area contributed by atoms with Gasteiger partial charge >= 0.3 is 0 Å². The van der Waals surface area contributed by atoms with Crippen molar-refractivity contribution >= 4 is 28.0 Å². The quantitative estimate of drug-likeness (QED) is 0.784. The fourth-order valence-electron chi connectivity index (χ4n) is 0.601. The highest BCUT2D eigenvalue weighted by Gasteiger charge is 1.85. The summed E-state index contributed by atoms with van der Waals surface area (Å²) in [4.78, 5) is 8.04. The van der Waals surface area contributed by atoms with Gasteiger partial charge in [0, 0.05) is 18.6 Å². The summed E-state index contributed by atoms with van der Waals surface area (Å²) in [5.74, 6) is 0.663. The zero-order valence-electron chi connectivity index (χ0n) is 6.31. The molecule has 0 spiro atoms. The number of hydrogen-bond acceptors (Lipinski definition) is 3. The van der Waals surface area contributed by atoms with E-state index in [0.29, 0.717) is 5.82 Å². The number of nitrogens with zero attached hydrogens (tertiary/aromatic N) is 2. The molecule has 1 aromatic rings. The van der Waals surface area contributed by atoms with E-state index < -0.39 is 0 Å². The van der Waals surface area contributed by atoms with E-state index >= 15 is 0 Å². The molecule has 4 heteroatoms. The van der Waals surface area contributed by atoms with E-state index in [9.17, 15) is 0 Å². The molecule has 2 N–H and O–H groups in total. The van der Waals surface area contributed by atoms with Gasteiger partial charge in [-0.25, -0.2) is 9.98 Å². The molecule has 0 saturated heterocycles. The third-order valence-corrected chi connectivity index (χ3v) is 1.60. The first-order chi connectivity index (χ1) is 5.83. The molecule has 0 aromatic carbocycles. The van der Waals surface area contributed by atoms with Gasteiger partial charge in [0.05, 0.1) is 4.48 Å². The summed E-state index contributed by atoms with van der Waals surface area (Å²) >= 11 is 3.19. The van der Waals surface area contributed by atoms with E-state index in [1.165, 1.54) is 6.20 Å².